The van der Waals surface area contributed by atoms with E-state index in [2.05, 4.69) is 14.9 Å². The number of amides is 1. The van der Waals surface area contributed by atoms with Gasteiger partial charge in [0.25, 0.3) is 0 Å². The molecule has 2 heterocycles. The highest BCUT2D eigenvalue weighted by atomic mass is 35.5. The van der Waals surface area contributed by atoms with Crippen molar-refractivity contribution in [2.45, 2.75) is 70.4 Å². The second-order valence-corrected chi connectivity index (χ2v) is 8.45. The van der Waals surface area contributed by atoms with Crippen molar-refractivity contribution in [3.8, 4) is 0 Å². The second kappa shape index (κ2) is 6.98. The highest BCUT2D eigenvalue weighted by Crippen LogP contribution is 2.35. The van der Waals surface area contributed by atoms with Gasteiger partial charge in [-0.05, 0) is 51.6 Å². The zero-order valence-corrected chi connectivity index (χ0v) is 16.0. The molecule has 1 atom stereocenters. The molecule has 2 aliphatic rings. The van der Waals surface area contributed by atoms with Crippen LogP contribution in [0.15, 0.2) is 6.07 Å². The minimum absolute atomic E-state index is 0.0406. The number of hydrogen-bond acceptors (Lipinski definition) is 4. The van der Waals surface area contributed by atoms with Crippen LogP contribution in [0.2, 0.25) is 5.28 Å². The summed E-state index contributed by atoms with van der Waals surface area (Å²) >= 11 is 6.18. The maximum absolute atomic E-state index is 11.7. The van der Waals surface area contributed by atoms with Crippen molar-refractivity contribution in [2.24, 2.45) is 0 Å². The summed E-state index contributed by atoms with van der Waals surface area (Å²) in [6.45, 7) is 7.22. The molecule has 1 saturated carbocycles. The molecular weight excluding hydrogens is 340 g/mol. The lowest BCUT2D eigenvalue weighted by Gasteiger charge is -2.37. The monoisotopic (exact) mass is 366 g/mol. The summed E-state index contributed by atoms with van der Waals surface area (Å²) in [5, 5.41) is 9.90. The van der Waals surface area contributed by atoms with Crippen LogP contribution in [0.1, 0.15) is 64.5 Å². The number of hydrogen-bond donors (Lipinski definition) is 1. The maximum atomic E-state index is 11.7. The topological polar surface area (TPSA) is 69.6 Å². The molecule has 1 aliphatic heterocycles. The van der Waals surface area contributed by atoms with E-state index in [1.807, 2.05) is 26.8 Å². The largest absolute Gasteiger partial charge is 0.465 e. The van der Waals surface area contributed by atoms with E-state index in [0.29, 0.717) is 12.5 Å². The fourth-order valence-corrected chi connectivity index (χ4v) is 4.35. The lowest BCUT2D eigenvalue weighted by atomic mass is 10.0. The Morgan fingerprint density at radius 2 is 1.96 bits per heavy atom. The number of carbonyl (C=O) groups is 1. The number of carboxylic acid groups (broad SMARTS) is 1. The van der Waals surface area contributed by atoms with Gasteiger partial charge >= 0.3 is 6.09 Å². The number of nitrogens with zero attached hydrogens (tertiary/aromatic N) is 4. The van der Waals surface area contributed by atoms with Crippen LogP contribution >= 0.6 is 11.6 Å². The summed E-state index contributed by atoms with van der Waals surface area (Å²) in [5.41, 5.74) is 0.604. The standard InChI is InChI=1S/C18H27ClN4O2/c1-18(2,3)23(17(24)25)13-8-9-22(11-13)15-10-14(20-16(19)21-15)12-6-4-5-7-12/h10,12-13H,4-9,11H2,1-3H3,(H,24,25). The molecule has 1 amide bonds. The number of anilines is 1. The molecule has 1 aliphatic carbocycles. The van der Waals surface area contributed by atoms with Gasteiger partial charge in [-0.25, -0.2) is 14.8 Å². The zero-order chi connectivity index (χ0) is 18.2. The van der Waals surface area contributed by atoms with Crippen LogP contribution in [0.5, 0.6) is 0 Å². The Bertz CT molecular complexity index is 640. The minimum Gasteiger partial charge on any atom is -0.465 e. The van der Waals surface area contributed by atoms with Gasteiger partial charge in [-0.15, -0.1) is 0 Å². The lowest BCUT2D eigenvalue weighted by molar-refractivity contribution is 0.0763. The first-order valence-electron chi connectivity index (χ1n) is 9.07. The highest BCUT2D eigenvalue weighted by Gasteiger charge is 2.37. The minimum atomic E-state index is -0.869. The van der Waals surface area contributed by atoms with Gasteiger partial charge in [0.05, 0.1) is 11.7 Å². The molecule has 6 nitrogen and oxygen atoms in total. The molecule has 1 aromatic heterocycles. The molecule has 1 N–H and O–H groups in total. The van der Waals surface area contributed by atoms with Crippen LogP contribution in [0.25, 0.3) is 0 Å². The van der Waals surface area contributed by atoms with Crippen molar-refractivity contribution in [1.82, 2.24) is 14.9 Å². The maximum Gasteiger partial charge on any atom is 0.408 e. The Morgan fingerprint density at radius 1 is 1.28 bits per heavy atom. The Labute approximate surface area is 154 Å². The van der Waals surface area contributed by atoms with E-state index in [9.17, 15) is 9.90 Å². The Kier molecular flexibility index (Phi) is 5.09. The summed E-state index contributed by atoms with van der Waals surface area (Å²) in [6, 6.07) is 2.01. The lowest BCUT2D eigenvalue weighted by Crippen LogP contribution is -2.52. The van der Waals surface area contributed by atoms with E-state index in [4.69, 9.17) is 11.6 Å². The SMILES string of the molecule is CC(C)(C)N(C(=O)O)C1CCN(c2cc(C3CCCC3)nc(Cl)n2)C1. The van der Waals surface area contributed by atoms with Crippen LogP contribution < -0.4 is 4.90 Å². The molecule has 25 heavy (non-hydrogen) atoms. The van der Waals surface area contributed by atoms with Crippen molar-refractivity contribution < 1.29 is 9.90 Å². The molecular formula is C18H27ClN4O2. The molecule has 138 valence electrons. The van der Waals surface area contributed by atoms with Crippen molar-refractivity contribution in [1.29, 1.82) is 0 Å². The quantitative estimate of drug-likeness (QED) is 0.814. The summed E-state index contributed by atoms with van der Waals surface area (Å²) in [6.07, 6.45) is 4.73. The first-order chi connectivity index (χ1) is 11.8. The van der Waals surface area contributed by atoms with Crippen LogP contribution in [0.4, 0.5) is 10.6 Å². The summed E-state index contributed by atoms with van der Waals surface area (Å²) in [7, 11) is 0. The predicted molar refractivity (Wildman–Crippen MR) is 98.5 cm³/mol. The van der Waals surface area contributed by atoms with Crippen LogP contribution in [0, 0.1) is 0 Å². The molecule has 0 bridgehead atoms. The van der Waals surface area contributed by atoms with Crippen molar-refractivity contribution in [2.75, 3.05) is 18.0 Å². The number of halogens is 1. The van der Waals surface area contributed by atoms with Crippen molar-refractivity contribution >= 4 is 23.5 Å². The Balaban J connectivity index is 1.78. The predicted octanol–water partition coefficient (Wildman–Crippen LogP) is 4.14. The molecule has 7 heteroatoms. The van der Waals surface area contributed by atoms with Crippen molar-refractivity contribution in [3.05, 3.63) is 17.0 Å². The zero-order valence-electron chi connectivity index (χ0n) is 15.2. The summed E-state index contributed by atoms with van der Waals surface area (Å²) in [4.78, 5) is 24.3. The van der Waals surface area contributed by atoms with Gasteiger partial charge in [-0.2, -0.15) is 0 Å². The van der Waals surface area contributed by atoms with Gasteiger partial charge in [0, 0.05) is 30.6 Å². The number of aromatic nitrogens is 2. The van der Waals surface area contributed by atoms with E-state index in [-0.39, 0.29) is 11.3 Å². The van der Waals surface area contributed by atoms with Crippen LogP contribution in [0.3, 0.4) is 0 Å². The molecule has 3 rings (SSSR count). The molecule has 1 unspecified atom stereocenters. The van der Waals surface area contributed by atoms with Gasteiger partial charge in [0.2, 0.25) is 5.28 Å². The van der Waals surface area contributed by atoms with Gasteiger partial charge in [-0.1, -0.05) is 12.8 Å². The van der Waals surface area contributed by atoms with Crippen LogP contribution in [-0.2, 0) is 0 Å². The molecule has 0 spiro atoms. The molecule has 0 aromatic carbocycles. The third-order valence-corrected chi connectivity index (χ3v) is 5.43. The third-order valence-electron chi connectivity index (χ3n) is 5.26. The Hall–Kier alpha value is -1.56. The van der Waals surface area contributed by atoms with Crippen molar-refractivity contribution in [3.63, 3.8) is 0 Å². The molecule has 1 aromatic rings. The molecule has 0 radical (unpaired) electrons. The van der Waals surface area contributed by atoms with E-state index in [0.717, 1.165) is 37.3 Å². The van der Waals surface area contributed by atoms with E-state index < -0.39 is 11.6 Å². The Morgan fingerprint density at radius 3 is 2.56 bits per heavy atom. The highest BCUT2D eigenvalue weighted by molar-refractivity contribution is 6.28. The third kappa shape index (κ3) is 4.00. The van der Waals surface area contributed by atoms with Gasteiger partial charge in [0.1, 0.15) is 5.82 Å². The first kappa shape index (κ1) is 18.2. The second-order valence-electron chi connectivity index (χ2n) is 8.11. The smallest absolute Gasteiger partial charge is 0.408 e. The fraction of sp³-hybridized carbons (Fsp3) is 0.722. The first-order valence-corrected chi connectivity index (χ1v) is 9.45. The fourth-order valence-electron chi connectivity index (χ4n) is 4.17. The van der Waals surface area contributed by atoms with E-state index >= 15 is 0 Å². The van der Waals surface area contributed by atoms with E-state index in [1.165, 1.54) is 12.8 Å². The average molecular weight is 367 g/mol. The van der Waals surface area contributed by atoms with Gasteiger partial charge < -0.3 is 10.0 Å². The molecule has 2 fully saturated rings. The van der Waals surface area contributed by atoms with Crippen LogP contribution in [-0.4, -0.2) is 50.7 Å². The summed E-state index contributed by atoms with van der Waals surface area (Å²) < 4.78 is 0. The molecule has 1 saturated heterocycles. The van der Waals surface area contributed by atoms with Gasteiger partial charge in [0.15, 0.2) is 0 Å². The number of rotatable bonds is 3. The van der Waals surface area contributed by atoms with E-state index in [1.54, 1.807) is 4.90 Å². The average Bonchev–Trinajstić information content (AvgIpc) is 3.16. The van der Waals surface area contributed by atoms with Gasteiger partial charge in [-0.3, -0.25) is 4.90 Å². The normalized spacial score (nSPS) is 21.8. The summed E-state index contributed by atoms with van der Waals surface area (Å²) in [5.74, 6) is 1.30.